The predicted molar refractivity (Wildman–Crippen MR) is 83.2 cm³/mol. The van der Waals surface area contributed by atoms with Gasteiger partial charge in [0, 0.05) is 11.8 Å². The Morgan fingerprint density at radius 3 is 2.60 bits per heavy atom. The van der Waals surface area contributed by atoms with Crippen LogP contribution in [0.4, 0.5) is 24.7 Å². The number of halogens is 3. The Hall–Kier alpha value is -3.04. The Morgan fingerprint density at radius 2 is 1.96 bits per heavy atom. The van der Waals surface area contributed by atoms with Gasteiger partial charge in [0.25, 0.3) is 5.91 Å². The molecule has 0 aliphatic heterocycles. The number of nitrogens with zero attached hydrogens (tertiary/aromatic N) is 1. The monoisotopic (exact) mass is 356 g/mol. The lowest BCUT2D eigenvalue weighted by atomic mass is 10.1. The average Bonchev–Trinajstić information content (AvgIpc) is 2.95. The number of amides is 2. The maximum Gasteiger partial charge on any atom is 0.405 e. The number of aryl methyl sites for hydroxylation is 1. The van der Waals surface area contributed by atoms with Gasteiger partial charge < -0.3 is 20.5 Å². The maximum absolute atomic E-state index is 12.2. The van der Waals surface area contributed by atoms with Crippen LogP contribution < -0.4 is 16.0 Å². The zero-order valence-electron chi connectivity index (χ0n) is 13.1. The molecule has 0 aliphatic carbocycles. The number of rotatable bonds is 6. The van der Waals surface area contributed by atoms with Crippen molar-refractivity contribution in [1.29, 1.82) is 0 Å². The van der Waals surface area contributed by atoms with Gasteiger partial charge in [-0.15, -0.1) is 0 Å². The van der Waals surface area contributed by atoms with Crippen LogP contribution in [0.1, 0.15) is 16.1 Å². The van der Waals surface area contributed by atoms with Crippen molar-refractivity contribution in [2.45, 2.75) is 13.1 Å². The van der Waals surface area contributed by atoms with Crippen LogP contribution in [0.5, 0.6) is 0 Å². The number of benzene rings is 1. The zero-order chi connectivity index (χ0) is 18.4. The van der Waals surface area contributed by atoms with E-state index >= 15 is 0 Å². The van der Waals surface area contributed by atoms with Crippen LogP contribution in [0.15, 0.2) is 34.9 Å². The third kappa shape index (κ3) is 5.83. The fourth-order valence-corrected chi connectivity index (χ4v) is 1.90. The van der Waals surface area contributed by atoms with Gasteiger partial charge in [0.05, 0.1) is 12.1 Å². The van der Waals surface area contributed by atoms with Crippen LogP contribution in [0.3, 0.4) is 0 Å². The first kappa shape index (κ1) is 18.3. The molecule has 1 aromatic carbocycles. The molecular formula is C15H15F3N4O3. The van der Waals surface area contributed by atoms with E-state index in [9.17, 15) is 22.8 Å². The van der Waals surface area contributed by atoms with Crippen molar-refractivity contribution in [2.75, 3.05) is 23.7 Å². The summed E-state index contributed by atoms with van der Waals surface area (Å²) in [5.74, 6) is -0.595. The molecule has 25 heavy (non-hydrogen) atoms. The van der Waals surface area contributed by atoms with Crippen molar-refractivity contribution < 1.29 is 27.3 Å². The molecule has 134 valence electrons. The first-order chi connectivity index (χ1) is 11.7. The van der Waals surface area contributed by atoms with E-state index in [4.69, 9.17) is 4.52 Å². The second-order valence-electron chi connectivity index (χ2n) is 5.07. The van der Waals surface area contributed by atoms with Gasteiger partial charge in [-0.2, -0.15) is 13.2 Å². The summed E-state index contributed by atoms with van der Waals surface area (Å²) >= 11 is 0. The topological polar surface area (TPSA) is 96.3 Å². The normalized spacial score (nSPS) is 11.0. The van der Waals surface area contributed by atoms with Crippen LogP contribution in [-0.4, -0.2) is 36.2 Å². The molecule has 0 atom stereocenters. The van der Waals surface area contributed by atoms with Crippen LogP contribution in [0, 0.1) is 6.92 Å². The van der Waals surface area contributed by atoms with Crippen molar-refractivity contribution in [1.82, 2.24) is 10.5 Å². The maximum atomic E-state index is 12.2. The molecule has 7 nitrogen and oxygen atoms in total. The Balaban J connectivity index is 1.95. The molecule has 0 unspecified atom stereocenters. The SMILES string of the molecule is Cc1cc(NC(=O)CNc2ccccc2C(=O)NCC(F)(F)F)no1. The summed E-state index contributed by atoms with van der Waals surface area (Å²) in [6.45, 7) is 0.0122. The van der Waals surface area contributed by atoms with Gasteiger partial charge in [-0.3, -0.25) is 9.59 Å². The van der Waals surface area contributed by atoms with Gasteiger partial charge in [0.2, 0.25) is 5.91 Å². The lowest BCUT2D eigenvalue weighted by Crippen LogP contribution is -2.34. The number of aromatic nitrogens is 1. The molecule has 0 fully saturated rings. The molecule has 0 bridgehead atoms. The molecule has 0 radical (unpaired) electrons. The molecule has 1 aromatic heterocycles. The number of carbonyl (C=O) groups excluding carboxylic acids is 2. The number of carbonyl (C=O) groups is 2. The van der Waals surface area contributed by atoms with E-state index < -0.39 is 24.5 Å². The second-order valence-corrected chi connectivity index (χ2v) is 5.07. The molecule has 0 saturated heterocycles. The van der Waals surface area contributed by atoms with Gasteiger partial charge >= 0.3 is 6.18 Å². The highest BCUT2D eigenvalue weighted by molar-refractivity contribution is 6.00. The summed E-state index contributed by atoms with van der Waals surface area (Å²) in [4.78, 5) is 23.7. The Morgan fingerprint density at radius 1 is 1.24 bits per heavy atom. The van der Waals surface area contributed by atoms with Crippen LogP contribution in [0.25, 0.3) is 0 Å². The molecule has 0 saturated carbocycles. The third-order valence-corrected chi connectivity index (χ3v) is 2.96. The fraction of sp³-hybridized carbons (Fsp3) is 0.267. The quantitative estimate of drug-likeness (QED) is 0.738. The summed E-state index contributed by atoms with van der Waals surface area (Å²) in [7, 11) is 0. The second kappa shape index (κ2) is 7.69. The predicted octanol–water partition coefficient (Wildman–Crippen LogP) is 2.33. The van der Waals surface area contributed by atoms with Crippen LogP contribution >= 0.6 is 0 Å². The summed E-state index contributed by atoms with van der Waals surface area (Å²) in [6.07, 6.45) is -4.51. The van der Waals surface area contributed by atoms with E-state index in [1.807, 2.05) is 0 Å². The van der Waals surface area contributed by atoms with Gasteiger partial charge in [-0.25, -0.2) is 0 Å². The summed E-state index contributed by atoms with van der Waals surface area (Å²) in [5.41, 5.74) is 0.227. The number of hydrogen-bond acceptors (Lipinski definition) is 5. The minimum Gasteiger partial charge on any atom is -0.375 e. The first-order valence-electron chi connectivity index (χ1n) is 7.15. The summed E-state index contributed by atoms with van der Waals surface area (Å²) in [5, 5.41) is 10.6. The highest BCUT2D eigenvalue weighted by Crippen LogP contribution is 2.17. The molecule has 0 spiro atoms. The van der Waals surface area contributed by atoms with E-state index in [1.54, 1.807) is 18.3 Å². The minimum absolute atomic E-state index is 0.00293. The standard InChI is InChI=1S/C15H15F3N4O3/c1-9-6-12(22-25-9)21-13(23)7-19-11-5-3-2-4-10(11)14(24)20-8-15(16,17)18/h2-6,19H,7-8H2,1H3,(H,20,24)(H,21,22,23). The molecule has 2 rings (SSSR count). The van der Waals surface area contributed by atoms with Crippen LogP contribution in [0.2, 0.25) is 0 Å². The van der Waals surface area contributed by atoms with Crippen molar-refractivity contribution in [3.8, 4) is 0 Å². The molecule has 3 N–H and O–H groups in total. The van der Waals surface area contributed by atoms with Gasteiger partial charge in [0.15, 0.2) is 5.82 Å². The first-order valence-corrected chi connectivity index (χ1v) is 7.15. The Labute approximate surface area is 140 Å². The van der Waals surface area contributed by atoms with Crippen molar-refractivity contribution in [3.63, 3.8) is 0 Å². The molecule has 2 amide bonds. The minimum atomic E-state index is -4.51. The van der Waals surface area contributed by atoms with Gasteiger partial charge in [-0.05, 0) is 19.1 Å². The number of anilines is 2. The number of alkyl halides is 3. The molecule has 2 aromatic rings. The molecule has 0 aliphatic rings. The molecule has 1 heterocycles. The summed E-state index contributed by atoms with van der Waals surface area (Å²) in [6, 6.07) is 7.45. The fourth-order valence-electron chi connectivity index (χ4n) is 1.90. The van der Waals surface area contributed by atoms with Crippen molar-refractivity contribution in [3.05, 3.63) is 41.7 Å². The Bertz CT molecular complexity index is 758. The van der Waals surface area contributed by atoms with Gasteiger partial charge in [-0.1, -0.05) is 17.3 Å². The third-order valence-electron chi connectivity index (χ3n) is 2.96. The smallest absolute Gasteiger partial charge is 0.375 e. The van der Waals surface area contributed by atoms with Gasteiger partial charge in [0.1, 0.15) is 12.3 Å². The molecular weight excluding hydrogens is 341 g/mol. The number of nitrogens with one attached hydrogen (secondary N) is 3. The highest BCUT2D eigenvalue weighted by atomic mass is 19.4. The van der Waals surface area contributed by atoms with Crippen molar-refractivity contribution >= 4 is 23.3 Å². The van der Waals surface area contributed by atoms with Crippen LogP contribution in [-0.2, 0) is 4.79 Å². The number of hydrogen-bond donors (Lipinski definition) is 3. The van der Waals surface area contributed by atoms with Crippen molar-refractivity contribution in [2.24, 2.45) is 0 Å². The van der Waals surface area contributed by atoms with E-state index in [2.05, 4.69) is 15.8 Å². The largest absolute Gasteiger partial charge is 0.405 e. The lowest BCUT2D eigenvalue weighted by molar-refractivity contribution is -0.123. The summed E-state index contributed by atoms with van der Waals surface area (Å²) < 4.78 is 41.4. The highest BCUT2D eigenvalue weighted by Gasteiger charge is 2.28. The lowest BCUT2D eigenvalue weighted by Gasteiger charge is -2.13. The van der Waals surface area contributed by atoms with E-state index in [0.717, 1.165) is 0 Å². The van der Waals surface area contributed by atoms with E-state index in [-0.39, 0.29) is 23.6 Å². The van der Waals surface area contributed by atoms with E-state index in [0.29, 0.717) is 5.76 Å². The van der Waals surface area contributed by atoms with E-state index in [1.165, 1.54) is 24.3 Å². The molecule has 10 heteroatoms. The Kier molecular flexibility index (Phi) is 5.63. The number of para-hydroxylation sites is 1. The zero-order valence-corrected chi connectivity index (χ0v) is 13.1. The average molecular weight is 356 g/mol.